The van der Waals surface area contributed by atoms with Gasteiger partial charge in [-0.15, -0.1) is 0 Å². The van der Waals surface area contributed by atoms with Crippen molar-refractivity contribution >= 4 is 60.6 Å². The predicted molar refractivity (Wildman–Crippen MR) is 126 cm³/mol. The number of halogens is 3. The van der Waals surface area contributed by atoms with Crippen molar-refractivity contribution in [1.29, 1.82) is 0 Å². The van der Waals surface area contributed by atoms with Gasteiger partial charge >= 0.3 is 0 Å². The third kappa shape index (κ3) is 4.90. The van der Waals surface area contributed by atoms with Crippen LogP contribution in [-0.2, 0) is 6.42 Å². The van der Waals surface area contributed by atoms with E-state index in [2.05, 4.69) is 41.9 Å². The maximum atomic E-state index is 13.0. The summed E-state index contributed by atoms with van der Waals surface area (Å²) in [6.45, 7) is 5.97. The average molecular weight is 542 g/mol. The average Bonchev–Trinajstić information content (AvgIpc) is 2.70. The molecule has 0 aliphatic heterocycles. The lowest BCUT2D eigenvalue weighted by atomic mass is 10.2. The van der Waals surface area contributed by atoms with E-state index in [4.69, 9.17) is 16.3 Å². The van der Waals surface area contributed by atoms with Crippen LogP contribution >= 0.6 is 43.5 Å². The second kappa shape index (κ2) is 9.41. The Labute approximate surface area is 191 Å². The van der Waals surface area contributed by atoms with Gasteiger partial charge in [0.25, 0.3) is 5.56 Å². The van der Waals surface area contributed by atoms with Gasteiger partial charge in [-0.1, -0.05) is 41.4 Å². The lowest BCUT2D eigenvalue weighted by molar-refractivity contribution is 0.216. The van der Waals surface area contributed by atoms with Gasteiger partial charge in [-0.05, 0) is 65.2 Å². The fourth-order valence-corrected chi connectivity index (χ4v) is 4.04. The van der Waals surface area contributed by atoms with Crippen LogP contribution in [0.1, 0.15) is 38.6 Å². The van der Waals surface area contributed by atoms with Crippen LogP contribution in [0.4, 0.5) is 0 Å². The van der Waals surface area contributed by atoms with Crippen LogP contribution in [0.25, 0.3) is 10.9 Å². The molecule has 0 unspecified atom stereocenters. The molecule has 0 saturated heterocycles. The van der Waals surface area contributed by atoms with Crippen molar-refractivity contribution in [3.05, 3.63) is 66.0 Å². The second-order valence-electron chi connectivity index (χ2n) is 6.55. The van der Waals surface area contributed by atoms with Crippen LogP contribution in [0.5, 0.6) is 5.75 Å². The topological polar surface area (TPSA) is 56.5 Å². The molecule has 3 aromatic rings. The first-order chi connectivity index (χ1) is 13.8. The SMILES string of the molecule is CCc1nc2ccc(Br)cc2c(=O)n1N=Cc1cc(Cl)c(O[C@H](C)CC)c(Br)c1. The van der Waals surface area contributed by atoms with Crippen molar-refractivity contribution in [2.24, 2.45) is 5.10 Å². The molecular formula is C21H20Br2ClN3O2. The van der Waals surface area contributed by atoms with Crippen molar-refractivity contribution in [3.63, 3.8) is 0 Å². The Morgan fingerprint density at radius 3 is 2.69 bits per heavy atom. The summed E-state index contributed by atoms with van der Waals surface area (Å²) in [7, 11) is 0. The van der Waals surface area contributed by atoms with E-state index in [1.54, 1.807) is 18.3 Å². The van der Waals surface area contributed by atoms with E-state index in [9.17, 15) is 4.79 Å². The van der Waals surface area contributed by atoms with E-state index >= 15 is 0 Å². The number of rotatable bonds is 6. The number of fused-ring (bicyclic) bond motifs is 1. The highest BCUT2D eigenvalue weighted by Gasteiger charge is 2.13. The Kier molecular flexibility index (Phi) is 7.14. The fourth-order valence-electron chi connectivity index (χ4n) is 2.72. The largest absolute Gasteiger partial charge is 0.488 e. The first kappa shape index (κ1) is 22.0. The van der Waals surface area contributed by atoms with Crippen LogP contribution in [-0.4, -0.2) is 22.0 Å². The van der Waals surface area contributed by atoms with Crippen molar-refractivity contribution < 1.29 is 4.74 Å². The maximum Gasteiger partial charge on any atom is 0.282 e. The third-order valence-corrected chi connectivity index (χ3v) is 5.79. The molecule has 5 nitrogen and oxygen atoms in total. The van der Waals surface area contributed by atoms with Gasteiger partial charge < -0.3 is 4.74 Å². The fraction of sp³-hybridized carbons (Fsp3) is 0.286. The van der Waals surface area contributed by atoms with Crippen LogP contribution in [0, 0.1) is 0 Å². The predicted octanol–water partition coefficient (Wildman–Crippen LogP) is 6.20. The first-order valence-corrected chi connectivity index (χ1v) is 11.2. The molecule has 1 atom stereocenters. The number of benzene rings is 2. The Bertz CT molecular complexity index is 1120. The van der Waals surface area contributed by atoms with E-state index in [1.165, 1.54) is 4.68 Å². The highest BCUT2D eigenvalue weighted by Crippen LogP contribution is 2.35. The number of ether oxygens (including phenoxy) is 1. The minimum atomic E-state index is -0.216. The van der Waals surface area contributed by atoms with E-state index in [0.717, 1.165) is 20.9 Å². The number of aromatic nitrogens is 2. The Morgan fingerprint density at radius 2 is 2.03 bits per heavy atom. The zero-order valence-corrected chi connectivity index (χ0v) is 20.2. The maximum absolute atomic E-state index is 13.0. The van der Waals surface area contributed by atoms with Gasteiger partial charge in [-0.3, -0.25) is 4.79 Å². The van der Waals surface area contributed by atoms with Crippen molar-refractivity contribution in [3.8, 4) is 5.75 Å². The molecule has 29 heavy (non-hydrogen) atoms. The number of hydrogen-bond donors (Lipinski definition) is 0. The van der Waals surface area contributed by atoms with Gasteiger partial charge in [-0.25, -0.2) is 4.98 Å². The summed E-state index contributed by atoms with van der Waals surface area (Å²) in [6, 6.07) is 9.06. The zero-order chi connectivity index (χ0) is 21.1. The molecule has 3 rings (SSSR count). The molecule has 0 aliphatic rings. The van der Waals surface area contributed by atoms with Crippen LogP contribution in [0.2, 0.25) is 5.02 Å². The Hall–Kier alpha value is -1.70. The second-order valence-corrected chi connectivity index (χ2v) is 8.73. The summed E-state index contributed by atoms with van der Waals surface area (Å²) in [5.41, 5.74) is 1.17. The van der Waals surface area contributed by atoms with Gasteiger partial charge in [0.2, 0.25) is 0 Å². The Balaban J connectivity index is 2.02. The molecule has 1 aromatic heterocycles. The van der Waals surface area contributed by atoms with Crippen LogP contribution in [0.3, 0.4) is 0 Å². The normalized spacial score (nSPS) is 12.6. The smallest absolute Gasteiger partial charge is 0.282 e. The lowest BCUT2D eigenvalue weighted by Gasteiger charge is -2.15. The number of hydrogen-bond acceptors (Lipinski definition) is 4. The third-order valence-electron chi connectivity index (χ3n) is 4.43. The molecular weight excluding hydrogens is 522 g/mol. The van der Waals surface area contributed by atoms with Gasteiger partial charge in [-0.2, -0.15) is 9.78 Å². The molecule has 0 N–H and O–H groups in total. The summed E-state index contributed by atoms with van der Waals surface area (Å²) in [6.07, 6.45) is 3.09. The van der Waals surface area contributed by atoms with Gasteiger partial charge in [0.05, 0.1) is 32.7 Å². The van der Waals surface area contributed by atoms with E-state index < -0.39 is 0 Å². The highest BCUT2D eigenvalue weighted by atomic mass is 79.9. The monoisotopic (exact) mass is 539 g/mol. The van der Waals surface area contributed by atoms with Crippen molar-refractivity contribution in [2.45, 2.75) is 39.7 Å². The molecule has 0 aliphatic carbocycles. The van der Waals surface area contributed by atoms with Crippen molar-refractivity contribution in [2.75, 3.05) is 0 Å². The quantitative estimate of drug-likeness (QED) is 0.350. The molecule has 0 bridgehead atoms. The van der Waals surface area contributed by atoms with E-state index in [0.29, 0.717) is 33.9 Å². The summed E-state index contributed by atoms with van der Waals surface area (Å²) >= 11 is 13.3. The van der Waals surface area contributed by atoms with E-state index in [1.807, 2.05) is 39.0 Å². The lowest BCUT2D eigenvalue weighted by Crippen LogP contribution is -2.22. The zero-order valence-electron chi connectivity index (χ0n) is 16.2. The molecule has 0 amide bonds. The van der Waals surface area contributed by atoms with Gasteiger partial charge in [0, 0.05) is 10.9 Å². The molecule has 0 saturated carbocycles. The van der Waals surface area contributed by atoms with E-state index in [-0.39, 0.29) is 11.7 Å². The van der Waals surface area contributed by atoms with Crippen LogP contribution in [0.15, 0.2) is 49.2 Å². The molecule has 0 spiro atoms. The first-order valence-electron chi connectivity index (χ1n) is 9.25. The molecule has 152 valence electrons. The Morgan fingerprint density at radius 1 is 1.28 bits per heavy atom. The van der Waals surface area contributed by atoms with Gasteiger partial charge in [0.1, 0.15) is 5.82 Å². The molecule has 1 heterocycles. The van der Waals surface area contributed by atoms with Crippen LogP contribution < -0.4 is 10.3 Å². The number of aryl methyl sites for hydroxylation is 1. The van der Waals surface area contributed by atoms with Crippen molar-refractivity contribution in [1.82, 2.24) is 9.66 Å². The summed E-state index contributed by atoms with van der Waals surface area (Å²) in [5, 5.41) is 5.38. The van der Waals surface area contributed by atoms with Gasteiger partial charge in [0.15, 0.2) is 5.75 Å². The highest BCUT2D eigenvalue weighted by molar-refractivity contribution is 9.10. The minimum absolute atomic E-state index is 0.0528. The number of nitrogens with zero attached hydrogens (tertiary/aromatic N) is 3. The summed E-state index contributed by atoms with van der Waals surface area (Å²) in [5.74, 6) is 1.18. The molecule has 0 fully saturated rings. The summed E-state index contributed by atoms with van der Waals surface area (Å²) < 4.78 is 8.75. The minimum Gasteiger partial charge on any atom is -0.488 e. The molecule has 8 heteroatoms. The standard InChI is InChI=1S/C21H20Br2ClN3O2/c1-4-12(3)29-20-16(23)8-13(9-17(20)24)11-25-27-19(5-2)26-18-7-6-14(22)10-15(18)21(27)28/h6-12H,4-5H2,1-3H3/t12-/m1/s1. The molecule has 0 radical (unpaired) electrons. The summed E-state index contributed by atoms with van der Waals surface area (Å²) in [4.78, 5) is 17.5. The molecule has 2 aromatic carbocycles.